The maximum absolute atomic E-state index is 9.41. The van der Waals surface area contributed by atoms with E-state index in [-0.39, 0.29) is 17.2 Å². The fourth-order valence-electron chi connectivity index (χ4n) is 1.43. The molecule has 0 amide bonds. The molecule has 0 radical (unpaired) electrons. The normalized spacial score (nSPS) is 13.8. The van der Waals surface area contributed by atoms with Crippen molar-refractivity contribution in [2.45, 2.75) is 28.6 Å². The number of halogens is 2. The van der Waals surface area contributed by atoms with Crippen molar-refractivity contribution in [3.63, 3.8) is 0 Å². The van der Waals surface area contributed by atoms with Crippen molar-refractivity contribution >= 4 is 35.0 Å². The van der Waals surface area contributed by atoms with E-state index in [0.717, 1.165) is 12.8 Å². The molecule has 1 aromatic heterocycles. The lowest BCUT2D eigenvalue weighted by molar-refractivity contribution is 0.288. The Kier molecular flexibility index (Phi) is 8.37. The molecule has 0 saturated heterocycles. The molecule has 0 fully saturated rings. The maximum Gasteiger partial charge on any atom is 0.220 e. The summed E-state index contributed by atoms with van der Waals surface area (Å²) < 4.78 is 10.2. The molecule has 0 bridgehead atoms. The second-order valence-electron chi connectivity index (χ2n) is 3.99. The second-order valence-corrected chi connectivity index (χ2v) is 6.18. The number of rotatable bonds is 9. The first-order chi connectivity index (χ1) is 9.62. The predicted molar refractivity (Wildman–Crippen MR) is 81.5 cm³/mol. The molecule has 0 spiro atoms. The van der Waals surface area contributed by atoms with Crippen LogP contribution < -0.4 is 9.47 Å². The van der Waals surface area contributed by atoms with Crippen molar-refractivity contribution in [1.29, 1.82) is 0 Å². The van der Waals surface area contributed by atoms with Gasteiger partial charge in [0.05, 0.1) is 26.9 Å². The van der Waals surface area contributed by atoms with Gasteiger partial charge in [-0.25, -0.2) is 0 Å². The summed E-state index contributed by atoms with van der Waals surface area (Å²) in [4.78, 5) is 8.43. The summed E-state index contributed by atoms with van der Waals surface area (Å²) in [5.74, 6) is 1.24. The van der Waals surface area contributed by atoms with Gasteiger partial charge in [-0.2, -0.15) is 9.97 Å². The summed E-state index contributed by atoms with van der Waals surface area (Å²) in [6.45, 7) is 0.0133. The minimum absolute atomic E-state index is 0.0133. The summed E-state index contributed by atoms with van der Waals surface area (Å²) in [5.41, 5.74) is 0. The van der Waals surface area contributed by atoms with Gasteiger partial charge in [-0.15, -0.1) is 23.2 Å². The van der Waals surface area contributed by atoms with Crippen molar-refractivity contribution < 1.29 is 14.6 Å². The van der Waals surface area contributed by atoms with E-state index in [2.05, 4.69) is 9.97 Å². The van der Waals surface area contributed by atoms with Crippen LogP contribution in [0.3, 0.4) is 0 Å². The molecule has 114 valence electrons. The van der Waals surface area contributed by atoms with E-state index in [1.54, 1.807) is 6.07 Å². The number of methoxy groups -OCH3 is 2. The van der Waals surface area contributed by atoms with Crippen LogP contribution in [0.15, 0.2) is 11.2 Å². The van der Waals surface area contributed by atoms with E-state index in [0.29, 0.717) is 22.8 Å². The lowest BCUT2D eigenvalue weighted by Gasteiger charge is -2.14. The van der Waals surface area contributed by atoms with Crippen molar-refractivity contribution in [2.75, 3.05) is 26.7 Å². The lowest BCUT2D eigenvalue weighted by atomic mass is 10.2. The third kappa shape index (κ3) is 5.91. The Morgan fingerprint density at radius 1 is 1.25 bits per heavy atom. The zero-order valence-corrected chi connectivity index (χ0v) is 13.7. The third-order valence-corrected chi connectivity index (χ3v) is 4.54. The Labute approximate surface area is 133 Å². The Morgan fingerprint density at radius 2 is 1.85 bits per heavy atom. The summed E-state index contributed by atoms with van der Waals surface area (Å²) in [7, 11) is 3.05. The zero-order chi connectivity index (χ0) is 15.0. The quantitative estimate of drug-likeness (QED) is 0.423. The maximum atomic E-state index is 9.41. The molecule has 0 aliphatic rings. The average molecular weight is 341 g/mol. The number of aliphatic hydroxyl groups is 1. The van der Waals surface area contributed by atoms with E-state index in [1.165, 1.54) is 26.0 Å². The van der Waals surface area contributed by atoms with E-state index in [1.807, 2.05) is 0 Å². The van der Waals surface area contributed by atoms with Crippen molar-refractivity contribution in [3.05, 3.63) is 6.07 Å². The number of ether oxygens (including phenoxy) is 2. The highest BCUT2D eigenvalue weighted by Crippen LogP contribution is 2.27. The number of aromatic nitrogens is 2. The molecule has 0 aliphatic heterocycles. The lowest BCUT2D eigenvalue weighted by Crippen LogP contribution is -2.13. The van der Waals surface area contributed by atoms with Gasteiger partial charge in [-0.1, -0.05) is 11.8 Å². The fourth-order valence-corrected chi connectivity index (χ4v) is 2.62. The van der Waals surface area contributed by atoms with Gasteiger partial charge in [-0.05, 0) is 12.8 Å². The molecular weight excluding hydrogens is 323 g/mol. The molecule has 0 aliphatic carbocycles. The smallest absolute Gasteiger partial charge is 0.220 e. The Bertz CT molecular complexity index is 390. The summed E-state index contributed by atoms with van der Waals surface area (Å²) in [6.07, 6.45) is 1.45. The van der Waals surface area contributed by atoms with E-state index in [4.69, 9.17) is 32.7 Å². The number of hydrogen-bond donors (Lipinski definition) is 1. The third-order valence-electron chi connectivity index (χ3n) is 2.52. The summed E-state index contributed by atoms with van der Waals surface area (Å²) >= 11 is 13.0. The van der Waals surface area contributed by atoms with E-state index >= 15 is 0 Å². The van der Waals surface area contributed by atoms with Gasteiger partial charge in [-0.3, -0.25) is 0 Å². The Balaban J connectivity index is 2.68. The Morgan fingerprint density at radius 3 is 2.30 bits per heavy atom. The molecule has 2 atom stereocenters. The van der Waals surface area contributed by atoms with Crippen molar-refractivity contribution in [1.82, 2.24) is 9.97 Å². The van der Waals surface area contributed by atoms with Crippen LogP contribution in [0.5, 0.6) is 11.8 Å². The van der Waals surface area contributed by atoms with Crippen molar-refractivity contribution in [3.8, 4) is 11.8 Å². The van der Waals surface area contributed by atoms with Crippen molar-refractivity contribution in [2.24, 2.45) is 0 Å². The number of alkyl halides is 2. The molecule has 1 heterocycles. The van der Waals surface area contributed by atoms with Gasteiger partial charge in [0, 0.05) is 16.5 Å². The van der Waals surface area contributed by atoms with Crippen LogP contribution in [-0.2, 0) is 0 Å². The molecule has 0 aromatic carbocycles. The summed E-state index contributed by atoms with van der Waals surface area (Å²) in [5, 5.41) is 9.77. The molecule has 20 heavy (non-hydrogen) atoms. The van der Waals surface area contributed by atoms with Crippen LogP contribution in [0.4, 0.5) is 0 Å². The highest BCUT2D eigenvalue weighted by atomic mass is 35.5. The largest absolute Gasteiger partial charge is 0.481 e. The van der Waals surface area contributed by atoms with Crippen LogP contribution in [0.2, 0.25) is 0 Å². The predicted octanol–water partition coefficient (Wildman–Crippen LogP) is 2.57. The van der Waals surface area contributed by atoms with Gasteiger partial charge < -0.3 is 14.6 Å². The monoisotopic (exact) mass is 340 g/mol. The molecule has 1 N–H and O–H groups in total. The van der Waals surface area contributed by atoms with E-state index < -0.39 is 0 Å². The number of nitrogens with zero attached hydrogens (tertiary/aromatic N) is 2. The average Bonchev–Trinajstić information content (AvgIpc) is 2.50. The van der Waals surface area contributed by atoms with Gasteiger partial charge in [0.2, 0.25) is 11.8 Å². The first kappa shape index (κ1) is 17.6. The Hall–Kier alpha value is -0.430. The molecule has 1 aromatic rings. The minimum atomic E-state index is -0.0907. The molecule has 0 saturated carbocycles. The molecular formula is C12H18Cl2N2O3S. The first-order valence-corrected chi connectivity index (χ1v) is 7.92. The molecule has 1 rings (SSSR count). The van der Waals surface area contributed by atoms with Crippen LogP contribution >= 0.6 is 35.0 Å². The zero-order valence-electron chi connectivity index (χ0n) is 11.4. The SMILES string of the molecule is COc1cc(OC)nc(SC(CO)CCC(Cl)CCl)n1. The van der Waals surface area contributed by atoms with Crippen LogP contribution in [0.1, 0.15) is 12.8 Å². The van der Waals surface area contributed by atoms with Crippen LogP contribution in [0, 0.1) is 0 Å². The molecule has 8 heteroatoms. The van der Waals surface area contributed by atoms with Gasteiger partial charge in [0.1, 0.15) is 0 Å². The highest BCUT2D eigenvalue weighted by Gasteiger charge is 2.15. The van der Waals surface area contributed by atoms with Gasteiger partial charge in [0.25, 0.3) is 0 Å². The highest BCUT2D eigenvalue weighted by molar-refractivity contribution is 7.99. The minimum Gasteiger partial charge on any atom is -0.481 e. The molecule has 5 nitrogen and oxygen atoms in total. The van der Waals surface area contributed by atoms with Gasteiger partial charge >= 0.3 is 0 Å². The first-order valence-electron chi connectivity index (χ1n) is 6.07. The molecule has 2 unspecified atom stereocenters. The van der Waals surface area contributed by atoms with E-state index in [9.17, 15) is 5.11 Å². The number of hydrogen-bond acceptors (Lipinski definition) is 6. The van der Waals surface area contributed by atoms with Gasteiger partial charge in [0.15, 0.2) is 5.16 Å². The van der Waals surface area contributed by atoms with Crippen LogP contribution in [0.25, 0.3) is 0 Å². The number of aliphatic hydroxyl groups excluding tert-OH is 1. The second kappa shape index (κ2) is 9.50. The summed E-state index contributed by atoms with van der Waals surface area (Å²) in [6, 6.07) is 1.60. The van der Waals surface area contributed by atoms with Crippen LogP contribution in [-0.4, -0.2) is 52.4 Å². The fraction of sp³-hybridized carbons (Fsp3) is 0.667. The topological polar surface area (TPSA) is 64.5 Å². The standard InChI is InChI=1S/C12H18Cl2N2O3S/c1-18-10-5-11(19-2)16-12(15-10)20-9(7-17)4-3-8(14)6-13/h5,8-9,17H,3-4,6-7H2,1-2H3. The number of thioether (sulfide) groups is 1.